The minimum atomic E-state index is -0.630. The van der Waals surface area contributed by atoms with Crippen LogP contribution in [0.3, 0.4) is 0 Å². The van der Waals surface area contributed by atoms with E-state index in [1.807, 2.05) is 6.07 Å². The van der Waals surface area contributed by atoms with Crippen LogP contribution < -0.4 is 5.32 Å². The Morgan fingerprint density at radius 1 is 1.50 bits per heavy atom. The van der Waals surface area contributed by atoms with Crippen molar-refractivity contribution < 1.29 is 14.2 Å². The lowest BCUT2D eigenvalue weighted by Gasteiger charge is -2.16. The van der Waals surface area contributed by atoms with E-state index in [1.54, 1.807) is 0 Å². The molecule has 16 heavy (non-hydrogen) atoms. The van der Waals surface area contributed by atoms with Gasteiger partial charge in [-0.15, -0.1) is 0 Å². The summed E-state index contributed by atoms with van der Waals surface area (Å²) in [6.07, 6.45) is -0.630. The van der Waals surface area contributed by atoms with Crippen LogP contribution in [0, 0.1) is 17.1 Å². The lowest BCUT2D eigenvalue weighted by atomic mass is 10.1. The molecule has 0 radical (unpaired) electrons. The lowest BCUT2D eigenvalue weighted by molar-refractivity contribution is 0.125. The molecule has 1 fully saturated rings. The van der Waals surface area contributed by atoms with Crippen LogP contribution in [0.2, 0.25) is 0 Å². The molecular formula is C11H11FN2O2. The van der Waals surface area contributed by atoms with E-state index in [0.717, 1.165) is 6.07 Å². The summed E-state index contributed by atoms with van der Waals surface area (Å²) < 4.78 is 18.5. The van der Waals surface area contributed by atoms with Crippen molar-refractivity contribution in [2.45, 2.75) is 12.1 Å². The third kappa shape index (κ3) is 2.13. The molecule has 1 saturated heterocycles. The van der Waals surface area contributed by atoms with Gasteiger partial charge in [0.1, 0.15) is 5.82 Å². The van der Waals surface area contributed by atoms with Crippen molar-refractivity contribution in [1.82, 2.24) is 0 Å². The topological polar surface area (TPSA) is 65.3 Å². The van der Waals surface area contributed by atoms with Gasteiger partial charge in [0.2, 0.25) is 0 Å². The molecule has 1 aromatic carbocycles. The molecule has 2 rings (SSSR count). The zero-order chi connectivity index (χ0) is 11.5. The van der Waals surface area contributed by atoms with Gasteiger partial charge < -0.3 is 15.2 Å². The molecule has 5 heteroatoms. The highest BCUT2D eigenvalue weighted by atomic mass is 19.1. The fourth-order valence-corrected chi connectivity index (χ4v) is 1.58. The minimum absolute atomic E-state index is 0.259. The number of rotatable bonds is 2. The van der Waals surface area contributed by atoms with Crippen LogP contribution in [0.4, 0.5) is 10.1 Å². The molecule has 0 aliphatic carbocycles. The average molecular weight is 222 g/mol. The van der Waals surface area contributed by atoms with Gasteiger partial charge in [-0.25, -0.2) is 4.39 Å². The van der Waals surface area contributed by atoms with Crippen LogP contribution in [-0.2, 0) is 4.74 Å². The molecule has 84 valence electrons. The van der Waals surface area contributed by atoms with Gasteiger partial charge in [-0.05, 0) is 18.2 Å². The van der Waals surface area contributed by atoms with Gasteiger partial charge in [0.25, 0.3) is 0 Å². The van der Waals surface area contributed by atoms with Gasteiger partial charge in [0.15, 0.2) is 0 Å². The Bertz CT molecular complexity index is 430. The maximum absolute atomic E-state index is 13.5. The molecule has 2 unspecified atom stereocenters. The summed E-state index contributed by atoms with van der Waals surface area (Å²) in [6, 6.07) is 5.72. The summed E-state index contributed by atoms with van der Waals surface area (Å²) in [5.41, 5.74) is 0.542. The molecule has 2 N–H and O–H groups in total. The largest absolute Gasteiger partial charge is 0.388 e. The normalized spacial score (nSPS) is 24.1. The van der Waals surface area contributed by atoms with Crippen LogP contribution in [0.25, 0.3) is 0 Å². The first-order chi connectivity index (χ1) is 7.70. The average Bonchev–Trinajstić information content (AvgIpc) is 2.67. The Labute approximate surface area is 92.3 Å². The third-order valence-electron chi connectivity index (χ3n) is 2.49. The van der Waals surface area contributed by atoms with Crippen molar-refractivity contribution in [2.24, 2.45) is 0 Å². The van der Waals surface area contributed by atoms with Gasteiger partial charge >= 0.3 is 0 Å². The number of hydrogen-bond acceptors (Lipinski definition) is 4. The van der Waals surface area contributed by atoms with E-state index >= 15 is 0 Å². The molecule has 1 aromatic rings. The first-order valence-corrected chi connectivity index (χ1v) is 4.92. The number of benzene rings is 1. The Kier molecular flexibility index (Phi) is 3.04. The summed E-state index contributed by atoms with van der Waals surface area (Å²) in [6.45, 7) is 0.607. The molecule has 0 saturated carbocycles. The van der Waals surface area contributed by atoms with Crippen molar-refractivity contribution in [3.05, 3.63) is 29.6 Å². The number of ether oxygens (including phenoxy) is 1. The maximum atomic E-state index is 13.5. The number of nitrogens with zero attached hydrogens (tertiary/aromatic N) is 1. The fourth-order valence-electron chi connectivity index (χ4n) is 1.58. The highest BCUT2D eigenvalue weighted by Gasteiger charge is 2.26. The molecular weight excluding hydrogens is 211 g/mol. The number of aliphatic hydroxyl groups excluding tert-OH is 1. The Morgan fingerprint density at radius 3 is 2.88 bits per heavy atom. The van der Waals surface area contributed by atoms with Crippen LogP contribution in [0.1, 0.15) is 5.56 Å². The number of anilines is 1. The van der Waals surface area contributed by atoms with E-state index in [4.69, 9.17) is 10.00 Å². The van der Waals surface area contributed by atoms with E-state index in [0.29, 0.717) is 6.61 Å². The Morgan fingerprint density at radius 2 is 2.31 bits per heavy atom. The predicted molar refractivity (Wildman–Crippen MR) is 55.4 cm³/mol. The van der Waals surface area contributed by atoms with E-state index in [9.17, 15) is 9.50 Å². The molecule has 0 bridgehead atoms. The van der Waals surface area contributed by atoms with Crippen LogP contribution in [0.5, 0.6) is 0 Å². The van der Waals surface area contributed by atoms with Gasteiger partial charge in [0.05, 0.1) is 42.7 Å². The smallest absolute Gasteiger partial charge is 0.147 e. The quantitative estimate of drug-likeness (QED) is 0.779. The van der Waals surface area contributed by atoms with Crippen LogP contribution in [-0.4, -0.2) is 30.5 Å². The molecule has 2 atom stereocenters. The van der Waals surface area contributed by atoms with Gasteiger partial charge in [-0.2, -0.15) is 5.26 Å². The SMILES string of the molecule is N#Cc1ccc(NC2COCC2O)c(F)c1. The predicted octanol–water partition coefficient (Wildman–Crippen LogP) is 0.869. The molecule has 1 aliphatic rings. The molecule has 0 spiro atoms. The summed E-state index contributed by atoms with van der Waals surface area (Å²) in [7, 11) is 0. The van der Waals surface area contributed by atoms with Crippen molar-refractivity contribution in [1.29, 1.82) is 5.26 Å². The van der Waals surface area contributed by atoms with Crippen molar-refractivity contribution in [3.8, 4) is 6.07 Å². The van der Waals surface area contributed by atoms with E-state index in [-0.39, 0.29) is 23.9 Å². The number of hydrogen-bond donors (Lipinski definition) is 2. The summed E-state index contributed by atoms with van der Waals surface area (Å²) >= 11 is 0. The standard InChI is InChI=1S/C11H11FN2O2/c12-8-3-7(4-13)1-2-9(8)14-10-5-16-6-11(10)15/h1-3,10-11,14-15H,5-6H2. The number of nitrogens with one attached hydrogen (secondary N) is 1. The number of nitriles is 1. The van der Waals surface area contributed by atoms with Crippen LogP contribution in [0.15, 0.2) is 18.2 Å². The summed E-state index contributed by atoms with van der Waals surface area (Å²) in [5.74, 6) is -0.502. The van der Waals surface area contributed by atoms with E-state index in [1.165, 1.54) is 12.1 Å². The molecule has 1 heterocycles. The van der Waals surface area contributed by atoms with Gasteiger partial charge in [-0.1, -0.05) is 0 Å². The second-order valence-corrected chi connectivity index (χ2v) is 3.66. The fraction of sp³-hybridized carbons (Fsp3) is 0.364. The third-order valence-corrected chi connectivity index (χ3v) is 2.49. The zero-order valence-electron chi connectivity index (χ0n) is 8.48. The van der Waals surface area contributed by atoms with Gasteiger partial charge in [-0.3, -0.25) is 0 Å². The maximum Gasteiger partial charge on any atom is 0.147 e. The van der Waals surface area contributed by atoms with E-state index in [2.05, 4.69) is 5.32 Å². The summed E-state index contributed by atoms with van der Waals surface area (Å²) in [4.78, 5) is 0. The monoisotopic (exact) mass is 222 g/mol. The lowest BCUT2D eigenvalue weighted by Crippen LogP contribution is -2.32. The zero-order valence-corrected chi connectivity index (χ0v) is 8.48. The molecule has 4 nitrogen and oxygen atoms in total. The van der Waals surface area contributed by atoms with Gasteiger partial charge in [0, 0.05) is 0 Å². The van der Waals surface area contributed by atoms with E-state index < -0.39 is 11.9 Å². The summed E-state index contributed by atoms with van der Waals surface area (Å²) in [5, 5.41) is 20.9. The Balaban J connectivity index is 2.13. The first-order valence-electron chi connectivity index (χ1n) is 4.92. The first kappa shape index (κ1) is 10.9. The number of halogens is 1. The second-order valence-electron chi connectivity index (χ2n) is 3.66. The number of aliphatic hydroxyl groups is 1. The van der Waals surface area contributed by atoms with Crippen LogP contribution >= 0.6 is 0 Å². The van der Waals surface area contributed by atoms with Crippen molar-refractivity contribution in [2.75, 3.05) is 18.5 Å². The highest BCUT2D eigenvalue weighted by Crippen LogP contribution is 2.19. The highest BCUT2D eigenvalue weighted by molar-refractivity contribution is 5.49. The minimum Gasteiger partial charge on any atom is -0.388 e. The molecule has 0 amide bonds. The van der Waals surface area contributed by atoms with Crippen molar-refractivity contribution in [3.63, 3.8) is 0 Å². The second kappa shape index (κ2) is 4.47. The molecule has 1 aliphatic heterocycles. The Hall–Kier alpha value is -1.64. The molecule has 0 aromatic heterocycles. The van der Waals surface area contributed by atoms with Crippen molar-refractivity contribution >= 4 is 5.69 Å².